The van der Waals surface area contributed by atoms with E-state index in [1.54, 1.807) is 0 Å². The minimum absolute atomic E-state index is 0.345. The lowest BCUT2D eigenvalue weighted by atomic mass is 10.1. The lowest BCUT2D eigenvalue weighted by Crippen LogP contribution is -2.32. The molecule has 17 heavy (non-hydrogen) atoms. The van der Waals surface area contributed by atoms with E-state index >= 15 is 0 Å². The van der Waals surface area contributed by atoms with Gasteiger partial charge in [0.2, 0.25) is 0 Å². The quantitative estimate of drug-likeness (QED) is 0.565. The van der Waals surface area contributed by atoms with Gasteiger partial charge < -0.3 is 15.0 Å². The molecule has 0 saturated heterocycles. The van der Waals surface area contributed by atoms with Gasteiger partial charge in [0, 0.05) is 19.6 Å². The van der Waals surface area contributed by atoms with Crippen LogP contribution in [-0.4, -0.2) is 50.8 Å². The fourth-order valence-corrected chi connectivity index (χ4v) is 1.59. The maximum atomic E-state index is 5.52. The smallest absolute Gasteiger partial charge is 0.0596 e. The molecular weight excluding hydrogens is 212 g/mol. The van der Waals surface area contributed by atoms with Crippen LogP contribution in [0.3, 0.4) is 0 Å². The van der Waals surface area contributed by atoms with E-state index in [0.29, 0.717) is 6.10 Å². The maximum Gasteiger partial charge on any atom is 0.0596 e. The Bertz CT molecular complexity index is 160. The predicted octanol–water partition coefficient (Wildman–Crippen LogP) is 2.37. The number of nitrogens with one attached hydrogen (secondary N) is 1. The summed E-state index contributed by atoms with van der Waals surface area (Å²) in [5.74, 6) is 0.827. The zero-order chi connectivity index (χ0) is 13.1. The highest BCUT2D eigenvalue weighted by Gasteiger charge is 1.99. The molecule has 0 aromatic carbocycles. The average molecular weight is 244 g/mol. The van der Waals surface area contributed by atoms with Gasteiger partial charge in [-0.2, -0.15) is 0 Å². The molecule has 0 aromatic heterocycles. The third-order valence-corrected chi connectivity index (χ3v) is 2.73. The molecule has 3 nitrogen and oxygen atoms in total. The number of ether oxygens (including phenoxy) is 1. The van der Waals surface area contributed by atoms with Crippen LogP contribution in [0.25, 0.3) is 0 Å². The Morgan fingerprint density at radius 2 is 1.76 bits per heavy atom. The first-order valence-electron chi connectivity index (χ1n) is 7.03. The number of nitrogens with zero attached hydrogens (tertiary/aromatic N) is 1. The van der Waals surface area contributed by atoms with E-state index in [1.807, 2.05) is 0 Å². The van der Waals surface area contributed by atoms with Crippen LogP contribution in [0.5, 0.6) is 0 Å². The first-order chi connectivity index (χ1) is 8.02. The fraction of sp³-hybridized carbons (Fsp3) is 1.00. The van der Waals surface area contributed by atoms with Gasteiger partial charge in [-0.3, -0.25) is 0 Å². The molecule has 0 aliphatic carbocycles. The van der Waals surface area contributed by atoms with Crippen molar-refractivity contribution in [1.29, 1.82) is 0 Å². The van der Waals surface area contributed by atoms with Crippen LogP contribution in [0.4, 0.5) is 0 Å². The topological polar surface area (TPSA) is 24.5 Å². The van der Waals surface area contributed by atoms with Crippen LogP contribution >= 0.6 is 0 Å². The summed E-state index contributed by atoms with van der Waals surface area (Å²) in [6, 6.07) is 0. The molecule has 0 atom stereocenters. The summed E-state index contributed by atoms with van der Waals surface area (Å²) < 4.78 is 5.52. The van der Waals surface area contributed by atoms with Crippen molar-refractivity contribution < 1.29 is 4.74 Å². The van der Waals surface area contributed by atoms with E-state index in [0.717, 1.165) is 38.7 Å². The van der Waals surface area contributed by atoms with Gasteiger partial charge in [-0.1, -0.05) is 13.8 Å². The maximum absolute atomic E-state index is 5.52. The first kappa shape index (κ1) is 16.9. The summed E-state index contributed by atoms with van der Waals surface area (Å²) in [5, 5.41) is 3.49. The Morgan fingerprint density at radius 1 is 1.06 bits per heavy atom. The Hall–Kier alpha value is -0.120. The second kappa shape index (κ2) is 11.0. The molecule has 3 heteroatoms. The van der Waals surface area contributed by atoms with Gasteiger partial charge in [0.05, 0.1) is 12.7 Å². The van der Waals surface area contributed by atoms with E-state index in [4.69, 9.17) is 4.74 Å². The van der Waals surface area contributed by atoms with E-state index in [2.05, 4.69) is 45.0 Å². The van der Waals surface area contributed by atoms with Crippen molar-refractivity contribution in [3.63, 3.8) is 0 Å². The molecule has 0 radical (unpaired) electrons. The third kappa shape index (κ3) is 13.8. The normalized spacial score (nSPS) is 12.0. The van der Waals surface area contributed by atoms with Crippen molar-refractivity contribution in [1.82, 2.24) is 10.2 Å². The van der Waals surface area contributed by atoms with E-state index < -0.39 is 0 Å². The van der Waals surface area contributed by atoms with Gasteiger partial charge in [-0.05, 0) is 46.2 Å². The number of rotatable bonds is 11. The Morgan fingerprint density at radius 3 is 2.35 bits per heavy atom. The van der Waals surface area contributed by atoms with Crippen molar-refractivity contribution in [3.05, 3.63) is 0 Å². The minimum atomic E-state index is 0.345. The van der Waals surface area contributed by atoms with Crippen LogP contribution in [-0.2, 0) is 4.74 Å². The summed E-state index contributed by atoms with van der Waals surface area (Å²) in [6.45, 7) is 13.9. The van der Waals surface area contributed by atoms with Crippen molar-refractivity contribution in [3.8, 4) is 0 Å². The van der Waals surface area contributed by atoms with Crippen molar-refractivity contribution in [2.75, 3.05) is 39.8 Å². The SMILES string of the molecule is CC(C)CCCNCCN(C)CCOC(C)C. The molecule has 1 N–H and O–H groups in total. The number of hydrogen-bond acceptors (Lipinski definition) is 3. The van der Waals surface area contributed by atoms with E-state index in [-0.39, 0.29) is 0 Å². The summed E-state index contributed by atoms with van der Waals surface area (Å²) in [7, 11) is 2.15. The Kier molecular flexibility index (Phi) is 10.9. The van der Waals surface area contributed by atoms with Gasteiger partial charge in [-0.25, -0.2) is 0 Å². The fourth-order valence-electron chi connectivity index (χ4n) is 1.59. The molecule has 0 unspecified atom stereocenters. The molecule has 104 valence electrons. The molecule has 0 saturated carbocycles. The van der Waals surface area contributed by atoms with Gasteiger partial charge in [0.1, 0.15) is 0 Å². The number of likely N-dealkylation sites (N-methyl/N-ethyl adjacent to an activating group) is 1. The summed E-state index contributed by atoms with van der Waals surface area (Å²) in [4.78, 5) is 2.32. The van der Waals surface area contributed by atoms with Crippen LogP contribution in [0, 0.1) is 5.92 Å². The lowest BCUT2D eigenvalue weighted by molar-refractivity contribution is 0.0640. The van der Waals surface area contributed by atoms with E-state index in [9.17, 15) is 0 Å². The summed E-state index contributed by atoms with van der Waals surface area (Å²) in [5.41, 5.74) is 0. The van der Waals surface area contributed by atoms with Crippen molar-refractivity contribution >= 4 is 0 Å². The molecule has 0 fully saturated rings. The summed E-state index contributed by atoms with van der Waals surface area (Å²) in [6.07, 6.45) is 2.96. The Balaban J connectivity index is 3.19. The molecule has 0 heterocycles. The monoisotopic (exact) mass is 244 g/mol. The van der Waals surface area contributed by atoms with Gasteiger partial charge in [-0.15, -0.1) is 0 Å². The van der Waals surface area contributed by atoms with Gasteiger partial charge >= 0.3 is 0 Å². The third-order valence-electron chi connectivity index (χ3n) is 2.73. The van der Waals surface area contributed by atoms with Crippen LogP contribution in [0.1, 0.15) is 40.5 Å². The zero-order valence-corrected chi connectivity index (χ0v) is 12.5. The van der Waals surface area contributed by atoms with Crippen LogP contribution < -0.4 is 5.32 Å². The van der Waals surface area contributed by atoms with Crippen molar-refractivity contribution in [2.24, 2.45) is 5.92 Å². The van der Waals surface area contributed by atoms with Crippen LogP contribution in [0.15, 0.2) is 0 Å². The second-order valence-electron chi connectivity index (χ2n) is 5.51. The zero-order valence-electron chi connectivity index (χ0n) is 12.5. The molecule has 0 bridgehead atoms. The molecule has 0 aliphatic heterocycles. The average Bonchev–Trinajstić information content (AvgIpc) is 2.22. The lowest BCUT2D eigenvalue weighted by Gasteiger charge is -2.17. The molecule has 0 amide bonds. The van der Waals surface area contributed by atoms with Gasteiger partial charge in [0.25, 0.3) is 0 Å². The highest BCUT2D eigenvalue weighted by molar-refractivity contribution is 4.56. The highest BCUT2D eigenvalue weighted by Crippen LogP contribution is 2.01. The van der Waals surface area contributed by atoms with Crippen LogP contribution in [0.2, 0.25) is 0 Å². The van der Waals surface area contributed by atoms with Crippen molar-refractivity contribution in [2.45, 2.75) is 46.6 Å². The largest absolute Gasteiger partial charge is 0.377 e. The molecule has 0 rings (SSSR count). The summed E-state index contributed by atoms with van der Waals surface area (Å²) >= 11 is 0. The molecule has 0 aliphatic rings. The molecule has 0 spiro atoms. The predicted molar refractivity (Wildman–Crippen MR) is 75.5 cm³/mol. The Labute approximate surface area is 108 Å². The van der Waals surface area contributed by atoms with E-state index in [1.165, 1.54) is 12.8 Å². The second-order valence-corrected chi connectivity index (χ2v) is 5.51. The first-order valence-corrected chi connectivity index (χ1v) is 7.03. The number of hydrogen-bond donors (Lipinski definition) is 1. The molecule has 0 aromatic rings. The van der Waals surface area contributed by atoms with Gasteiger partial charge in [0.15, 0.2) is 0 Å². The molecular formula is C14H32N2O. The minimum Gasteiger partial charge on any atom is -0.377 e. The highest BCUT2D eigenvalue weighted by atomic mass is 16.5. The standard InChI is InChI=1S/C14H32N2O/c1-13(2)7-6-8-15-9-10-16(5)11-12-17-14(3)4/h13-15H,6-12H2,1-5H3.